The first-order chi connectivity index (χ1) is 9.25. The fraction of sp³-hybridized carbons (Fsp3) is 0.0625. The average Bonchev–Trinajstić information content (AvgIpc) is 2.94. The van der Waals surface area contributed by atoms with Gasteiger partial charge in [-0.25, -0.2) is 0 Å². The highest BCUT2D eigenvalue weighted by Crippen LogP contribution is 2.34. The maximum absolute atomic E-state index is 12.3. The molecular weight excluding hydrogens is 240 g/mol. The Balaban J connectivity index is 1.90. The Kier molecular flexibility index (Phi) is 2.80. The first-order valence-corrected chi connectivity index (χ1v) is 5.94. The highest BCUT2D eigenvalue weighted by Gasteiger charge is 2.17. The smallest absolute Gasteiger partial charge is 0.231 e. The van der Waals surface area contributed by atoms with Crippen molar-refractivity contribution in [2.75, 3.05) is 6.79 Å². The van der Waals surface area contributed by atoms with Crippen LogP contribution in [0.15, 0.2) is 55.1 Å². The summed E-state index contributed by atoms with van der Waals surface area (Å²) < 4.78 is 10.5. The third-order valence-corrected chi connectivity index (χ3v) is 3.03. The van der Waals surface area contributed by atoms with Crippen molar-refractivity contribution in [2.24, 2.45) is 0 Å². The molecule has 19 heavy (non-hydrogen) atoms. The number of rotatable bonds is 3. The van der Waals surface area contributed by atoms with E-state index in [9.17, 15) is 4.79 Å². The maximum Gasteiger partial charge on any atom is 0.231 e. The van der Waals surface area contributed by atoms with Crippen molar-refractivity contribution in [1.82, 2.24) is 0 Å². The summed E-state index contributed by atoms with van der Waals surface area (Å²) in [6, 6.07) is 14.5. The van der Waals surface area contributed by atoms with Crippen molar-refractivity contribution in [3.8, 4) is 11.5 Å². The molecule has 0 aliphatic carbocycles. The molecule has 1 aliphatic heterocycles. The van der Waals surface area contributed by atoms with Gasteiger partial charge in [0.05, 0.1) is 0 Å². The molecule has 0 unspecified atom stereocenters. The molecule has 2 aromatic rings. The van der Waals surface area contributed by atoms with E-state index in [0.717, 1.165) is 5.56 Å². The molecule has 0 N–H and O–H groups in total. The van der Waals surface area contributed by atoms with Gasteiger partial charge in [0.1, 0.15) is 0 Å². The van der Waals surface area contributed by atoms with Crippen molar-refractivity contribution < 1.29 is 14.3 Å². The van der Waals surface area contributed by atoms with Gasteiger partial charge in [-0.05, 0) is 17.7 Å². The number of carbonyl (C=O) groups excluding carboxylic acids is 1. The largest absolute Gasteiger partial charge is 0.454 e. The molecular formula is C16H12O3. The van der Waals surface area contributed by atoms with E-state index in [1.807, 2.05) is 24.3 Å². The lowest BCUT2D eigenvalue weighted by atomic mass is 9.98. The summed E-state index contributed by atoms with van der Waals surface area (Å²) in [5.41, 5.74) is 1.83. The first kappa shape index (κ1) is 11.5. The predicted octanol–water partition coefficient (Wildman–Crippen LogP) is 3.31. The van der Waals surface area contributed by atoms with E-state index in [2.05, 4.69) is 6.58 Å². The van der Waals surface area contributed by atoms with Gasteiger partial charge in [-0.3, -0.25) is 4.79 Å². The summed E-state index contributed by atoms with van der Waals surface area (Å²) in [6.45, 7) is 4.10. The Hall–Kier alpha value is -2.55. The highest BCUT2D eigenvalue weighted by atomic mass is 16.7. The Morgan fingerprint density at radius 1 is 0.947 bits per heavy atom. The number of allylic oxidation sites excluding steroid dienone is 1. The zero-order valence-corrected chi connectivity index (χ0v) is 10.3. The Morgan fingerprint density at radius 3 is 2.47 bits per heavy atom. The molecule has 0 saturated heterocycles. The molecule has 1 aliphatic rings. The van der Waals surface area contributed by atoms with Crippen LogP contribution in [0, 0.1) is 0 Å². The minimum atomic E-state index is -0.0838. The summed E-state index contributed by atoms with van der Waals surface area (Å²) in [6.07, 6.45) is 0. The summed E-state index contributed by atoms with van der Waals surface area (Å²) >= 11 is 0. The van der Waals surface area contributed by atoms with E-state index in [-0.39, 0.29) is 12.6 Å². The van der Waals surface area contributed by atoms with Gasteiger partial charge < -0.3 is 9.47 Å². The van der Waals surface area contributed by atoms with Crippen LogP contribution in [0.5, 0.6) is 11.5 Å². The lowest BCUT2D eigenvalue weighted by Crippen LogP contribution is -2.01. The van der Waals surface area contributed by atoms with E-state index in [1.54, 1.807) is 24.3 Å². The topological polar surface area (TPSA) is 35.5 Å². The zero-order valence-electron chi connectivity index (χ0n) is 10.3. The zero-order chi connectivity index (χ0) is 13.2. The lowest BCUT2D eigenvalue weighted by Gasteiger charge is -2.06. The molecule has 3 nitrogen and oxygen atoms in total. The SMILES string of the molecule is C=C(C(=O)c1ccccc1)c1ccc2c(c1)OCO2. The van der Waals surface area contributed by atoms with Crippen molar-refractivity contribution in [2.45, 2.75) is 0 Å². The molecule has 2 aromatic carbocycles. The number of fused-ring (bicyclic) bond motifs is 1. The van der Waals surface area contributed by atoms with E-state index in [1.165, 1.54) is 0 Å². The van der Waals surface area contributed by atoms with Crippen LogP contribution in [-0.2, 0) is 0 Å². The van der Waals surface area contributed by atoms with Crippen LogP contribution in [0.1, 0.15) is 15.9 Å². The van der Waals surface area contributed by atoms with Crippen LogP contribution < -0.4 is 9.47 Å². The van der Waals surface area contributed by atoms with Crippen molar-refractivity contribution in [3.05, 3.63) is 66.2 Å². The lowest BCUT2D eigenvalue weighted by molar-refractivity contribution is 0.105. The van der Waals surface area contributed by atoms with Gasteiger partial charge in [-0.2, -0.15) is 0 Å². The monoisotopic (exact) mass is 252 g/mol. The van der Waals surface area contributed by atoms with Crippen LogP contribution in [0.25, 0.3) is 5.57 Å². The first-order valence-electron chi connectivity index (χ1n) is 5.94. The molecule has 0 spiro atoms. The van der Waals surface area contributed by atoms with Crippen LogP contribution in [-0.4, -0.2) is 12.6 Å². The van der Waals surface area contributed by atoms with E-state index in [4.69, 9.17) is 9.47 Å². The quantitative estimate of drug-likeness (QED) is 0.621. The summed E-state index contributed by atoms with van der Waals surface area (Å²) in [4.78, 5) is 12.3. The molecule has 0 atom stereocenters. The van der Waals surface area contributed by atoms with Crippen LogP contribution in [0.4, 0.5) is 0 Å². The Bertz CT molecular complexity index is 644. The van der Waals surface area contributed by atoms with Gasteiger partial charge in [-0.15, -0.1) is 0 Å². The highest BCUT2D eigenvalue weighted by molar-refractivity contribution is 6.28. The molecule has 0 saturated carbocycles. The number of ether oxygens (including phenoxy) is 2. The molecule has 0 bridgehead atoms. The third kappa shape index (κ3) is 2.10. The molecule has 1 heterocycles. The summed E-state index contributed by atoms with van der Waals surface area (Å²) in [5.74, 6) is 1.27. The molecule has 3 rings (SSSR count). The number of Topliss-reactive ketones (excluding diaryl/α,β-unsaturated/α-hetero) is 1. The Labute approximate surface area is 111 Å². The number of carbonyl (C=O) groups is 1. The molecule has 0 fully saturated rings. The van der Waals surface area contributed by atoms with Gasteiger partial charge in [0, 0.05) is 11.1 Å². The molecule has 0 aromatic heterocycles. The summed E-state index contributed by atoms with van der Waals surface area (Å²) in [5, 5.41) is 0. The molecule has 0 radical (unpaired) electrons. The average molecular weight is 252 g/mol. The number of hydrogen-bond acceptors (Lipinski definition) is 3. The minimum Gasteiger partial charge on any atom is -0.454 e. The molecule has 94 valence electrons. The predicted molar refractivity (Wildman–Crippen MR) is 72.4 cm³/mol. The normalized spacial score (nSPS) is 12.2. The fourth-order valence-electron chi connectivity index (χ4n) is 1.98. The van der Waals surface area contributed by atoms with Gasteiger partial charge in [0.2, 0.25) is 6.79 Å². The van der Waals surface area contributed by atoms with Crippen molar-refractivity contribution in [3.63, 3.8) is 0 Å². The standard InChI is InChI=1S/C16H12O3/c1-11(16(17)12-5-3-2-4-6-12)13-7-8-14-15(9-13)19-10-18-14/h2-9H,1,10H2. The molecule has 3 heteroatoms. The van der Waals surface area contributed by atoms with Gasteiger partial charge >= 0.3 is 0 Å². The van der Waals surface area contributed by atoms with E-state index < -0.39 is 0 Å². The number of ketones is 1. The van der Waals surface area contributed by atoms with Crippen LogP contribution in [0.2, 0.25) is 0 Å². The second kappa shape index (κ2) is 4.61. The minimum absolute atomic E-state index is 0.0838. The number of hydrogen-bond donors (Lipinski definition) is 0. The fourth-order valence-corrected chi connectivity index (χ4v) is 1.98. The van der Waals surface area contributed by atoms with Crippen LogP contribution in [0.3, 0.4) is 0 Å². The van der Waals surface area contributed by atoms with E-state index >= 15 is 0 Å². The number of benzene rings is 2. The van der Waals surface area contributed by atoms with Crippen molar-refractivity contribution >= 4 is 11.4 Å². The molecule has 0 amide bonds. The summed E-state index contributed by atoms with van der Waals surface area (Å²) in [7, 11) is 0. The van der Waals surface area contributed by atoms with E-state index in [0.29, 0.717) is 22.6 Å². The second-order valence-electron chi connectivity index (χ2n) is 4.24. The maximum atomic E-state index is 12.3. The van der Waals surface area contributed by atoms with Gasteiger partial charge in [0.25, 0.3) is 0 Å². The third-order valence-electron chi connectivity index (χ3n) is 3.03. The Morgan fingerprint density at radius 2 is 1.68 bits per heavy atom. The van der Waals surface area contributed by atoms with Crippen LogP contribution >= 0.6 is 0 Å². The second-order valence-corrected chi connectivity index (χ2v) is 4.24. The van der Waals surface area contributed by atoms with Crippen molar-refractivity contribution in [1.29, 1.82) is 0 Å². The van der Waals surface area contributed by atoms with Gasteiger partial charge in [-0.1, -0.05) is 43.0 Å². The van der Waals surface area contributed by atoms with Gasteiger partial charge in [0.15, 0.2) is 17.3 Å².